The zero-order valence-electron chi connectivity index (χ0n) is 9.64. The minimum absolute atomic E-state index is 0.0329. The fraction of sp³-hybridized carbons (Fsp3) is 0.400. The summed E-state index contributed by atoms with van der Waals surface area (Å²) in [6, 6.07) is 2.14. The first-order chi connectivity index (χ1) is 8.01. The van der Waals surface area contributed by atoms with E-state index in [1.165, 1.54) is 13.2 Å². The summed E-state index contributed by atoms with van der Waals surface area (Å²) in [5, 5.41) is 10.8. The molecule has 0 fully saturated rings. The van der Waals surface area contributed by atoms with E-state index in [0.717, 1.165) is 6.07 Å². The molecular formula is C10H14FN3O3. The summed E-state index contributed by atoms with van der Waals surface area (Å²) in [5.74, 6) is -0.793. The van der Waals surface area contributed by atoms with Gasteiger partial charge in [-0.1, -0.05) is 0 Å². The maximum Gasteiger partial charge on any atom is 0.295 e. The van der Waals surface area contributed by atoms with E-state index in [0.29, 0.717) is 13.1 Å². The topological polar surface area (TPSA) is 81.6 Å². The Morgan fingerprint density at radius 3 is 2.71 bits per heavy atom. The van der Waals surface area contributed by atoms with Crippen molar-refractivity contribution in [1.29, 1.82) is 0 Å². The lowest BCUT2D eigenvalue weighted by atomic mass is 10.2. The SMILES string of the molecule is COc1cc(N(C)CCN)c([N+](=O)[O-])cc1F. The molecule has 0 spiro atoms. The van der Waals surface area contributed by atoms with Gasteiger partial charge in [-0.25, -0.2) is 4.39 Å². The average molecular weight is 243 g/mol. The predicted octanol–water partition coefficient (Wildman–Crippen LogP) is 1.14. The lowest BCUT2D eigenvalue weighted by Crippen LogP contribution is -2.25. The molecule has 0 saturated heterocycles. The number of nitro benzene ring substituents is 1. The number of hydrogen-bond acceptors (Lipinski definition) is 5. The second kappa shape index (κ2) is 5.44. The molecule has 1 aromatic rings. The molecule has 17 heavy (non-hydrogen) atoms. The lowest BCUT2D eigenvalue weighted by molar-refractivity contribution is -0.384. The Labute approximate surface area is 97.9 Å². The number of ether oxygens (including phenoxy) is 1. The summed E-state index contributed by atoms with van der Waals surface area (Å²) in [6.45, 7) is 0.767. The molecule has 0 amide bonds. The van der Waals surface area contributed by atoms with Crippen molar-refractivity contribution in [2.45, 2.75) is 0 Å². The molecule has 0 aliphatic rings. The third-order valence-corrected chi connectivity index (χ3v) is 2.32. The first-order valence-corrected chi connectivity index (χ1v) is 4.94. The molecule has 0 aliphatic carbocycles. The van der Waals surface area contributed by atoms with Crippen LogP contribution in [0.2, 0.25) is 0 Å². The van der Waals surface area contributed by atoms with E-state index in [2.05, 4.69) is 0 Å². The molecule has 2 N–H and O–H groups in total. The van der Waals surface area contributed by atoms with Crippen molar-refractivity contribution >= 4 is 11.4 Å². The summed E-state index contributed by atoms with van der Waals surface area (Å²) < 4.78 is 18.2. The van der Waals surface area contributed by atoms with E-state index < -0.39 is 10.7 Å². The van der Waals surface area contributed by atoms with Crippen molar-refractivity contribution in [1.82, 2.24) is 0 Å². The number of nitrogens with zero attached hydrogens (tertiary/aromatic N) is 2. The van der Waals surface area contributed by atoms with E-state index in [4.69, 9.17) is 10.5 Å². The predicted molar refractivity (Wildman–Crippen MR) is 61.9 cm³/mol. The van der Waals surface area contributed by atoms with E-state index in [-0.39, 0.29) is 17.1 Å². The van der Waals surface area contributed by atoms with E-state index in [1.54, 1.807) is 11.9 Å². The molecule has 0 saturated carbocycles. The fourth-order valence-corrected chi connectivity index (χ4v) is 1.45. The van der Waals surface area contributed by atoms with Crippen LogP contribution in [0.1, 0.15) is 0 Å². The first-order valence-electron chi connectivity index (χ1n) is 4.94. The van der Waals surface area contributed by atoms with Crippen LogP contribution >= 0.6 is 0 Å². The first kappa shape index (κ1) is 13.2. The monoisotopic (exact) mass is 243 g/mol. The van der Waals surface area contributed by atoms with Gasteiger partial charge >= 0.3 is 0 Å². The number of nitrogens with two attached hydrogens (primary N) is 1. The van der Waals surface area contributed by atoms with Gasteiger partial charge in [0.1, 0.15) is 5.69 Å². The van der Waals surface area contributed by atoms with Gasteiger partial charge in [-0.2, -0.15) is 0 Å². The highest BCUT2D eigenvalue weighted by Gasteiger charge is 2.21. The zero-order valence-corrected chi connectivity index (χ0v) is 9.64. The van der Waals surface area contributed by atoms with Crippen LogP contribution in [0.15, 0.2) is 12.1 Å². The Morgan fingerprint density at radius 2 is 2.24 bits per heavy atom. The molecule has 0 bridgehead atoms. The smallest absolute Gasteiger partial charge is 0.295 e. The zero-order chi connectivity index (χ0) is 13.0. The van der Waals surface area contributed by atoms with Crippen LogP contribution in [0.25, 0.3) is 0 Å². The van der Waals surface area contributed by atoms with Crippen molar-refractivity contribution < 1.29 is 14.1 Å². The van der Waals surface area contributed by atoms with Gasteiger partial charge in [0, 0.05) is 26.2 Å². The minimum Gasteiger partial charge on any atom is -0.494 e. The molecular weight excluding hydrogens is 229 g/mol. The number of likely N-dealkylation sites (N-methyl/N-ethyl adjacent to an activating group) is 1. The lowest BCUT2D eigenvalue weighted by Gasteiger charge is -2.18. The van der Waals surface area contributed by atoms with Gasteiger partial charge in [0.05, 0.1) is 18.1 Å². The maximum atomic E-state index is 13.4. The highest BCUT2D eigenvalue weighted by molar-refractivity contribution is 5.65. The highest BCUT2D eigenvalue weighted by Crippen LogP contribution is 2.33. The Hall–Kier alpha value is -1.89. The van der Waals surface area contributed by atoms with Crippen LogP contribution in [0.3, 0.4) is 0 Å². The number of hydrogen-bond donors (Lipinski definition) is 1. The molecule has 0 radical (unpaired) electrons. The van der Waals surface area contributed by atoms with Gasteiger partial charge in [0.25, 0.3) is 5.69 Å². The third kappa shape index (κ3) is 2.82. The molecule has 1 aromatic carbocycles. The van der Waals surface area contributed by atoms with Crippen LogP contribution in [0.4, 0.5) is 15.8 Å². The average Bonchev–Trinajstić information content (AvgIpc) is 2.28. The van der Waals surface area contributed by atoms with Crippen molar-refractivity contribution in [3.63, 3.8) is 0 Å². The van der Waals surface area contributed by atoms with E-state index >= 15 is 0 Å². The van der Waals surface area contributed by atoms with Gasteiger partial charge in [-0.05, 0) is 0 Å². The van der Waals surface area contributed by atoms with Crippen molar-refractivity contribution in [3.8, 4) is 5.75 Å². The van der Waals surface area contributed by atoms with Gasteiger partial charge in [0.15, 0.2) is 11.6 Å². The Morgan fingerprint density at radius 1 is 1.59 bits per heavy atom. The summed E-state index contributed by atoms with van der Waals surface area (Å²) in [6.07, 6.45) is 0. The normalized spacial score (nSPS) is 10.1. The maximum absolute atomic E-state index is 13.4. The molecule has 94 valence electrons. The van der Waals surface area contributed by atoms with Crippen molar-refractivity contribution in [2.75, 3.05) is 32.1 Å². The third-order valence-electron chi connectivity index (χ3n) is 2.32. The van der Waals surface area contributed by atoms with Crippen LogP contribution in [0, 0.1) is 15.9 Å². The van der Waals surface area contributed by atoms with Gasteiger partial charge < -0.3 is 15.4 Å². The summed E-state index contributed by atoms with van der Waals surface area (Å²) in [5.41, 5.74) is 5.35. The molecule has 0 aromatic heterocycles. The second-order valence-corrected chi connectivity index (χ2v) is 3.44. The fourth-order valence-electron chi connectivity index (χ4n) is 1.45. The molecule has 0 unspecified atom stereocenters. The molecule has 0 atom stereocenters. The Bertz CT molecular complexity index is 426. The summed E-state index contributed by atoms with van der Waals surface area (Å²) in [7, 11) is 2.95. The molecule has 1 rings (SSSR count). The molecule has 0 heterocycles. The highest BCUT2D eigenvalue weighted by atomic mass is 19.1. The summed E-state index contributed by atoms with van der Waals surface area (Å²) >= 11 is 0. The van der Waals surface area contributed by atoms with Crippen LogP contribution in [-0.2, 0) is 0 Å². The molecule has 0 aliphatic heterocycles. The quantitative estimate of drug-likeness (QED) is 0.619. The number of halogens is 1. The largest absolute Gasteiger partial charge is 0.494 e. The minimum atomic E-state index is -0.760. The Balaban J connectivity index is 3.28. The van der Waals surface area contributed by atoms with Gasteiger partial charge in [0.2, 0.25) is 0 Å². The van der Waals surface area contributed by atoms with Crippen LogP contribution < -0.4 is 15.4 Å². The second-order valence-electron chi connectivity index (χ2n) is 3.44. The van der Waals surface area contributed by atoms with Crippen molar-refractivity contribution in [3.05, 3.63) is 28.1 Å². The molecule has 7 heteroatoms. The number of rotatable bonds is 5. The van der Waals surface area contributed by atoms with E-state index in [9.17, 15) is 14.5 Å². The standard InChI is InChI=1S/C10H14FN3O3/c1-13(4-3-12)8-6-10(17-2)7(11)5-9(8)14(15)16/h5-6H,3-4,12H2,1-2H3. The number of nitro groups is 1. The van der Waals surface area contributed by atoms with E-state index in [1.807, 2.05) is 0 Å². The summed E-state index contributed by atoms with van der Waals surface area (Å²) in [4.78, 5) is 11.8. The van der Waals surface area contributed by atoms with Crippen LogP contribution in [0.5, 0.6) is 5.75 Å². The van der Waals surface area contributed by atoms with Gasteiger partial charge in [-0.15, -0.1) is 0 Å². The molecule has 6 nitrogen and oxygen atoms in total. The number of methoxy groups -OCH3 is 1. The van der Waals surface area contributed by atoms with Crippen molar-refractivity contribution in [2.24, 2.45) is 5.73 Å². The van der Waals surface area contributed by atoms with Gasteiger partial charge in [-0.3, -0.25) is 10.1 Å². The van der Waals surface area contributed by atoms with Crippen LogP contribution in [-0.4, -0.2) is 32.2 Å². The number of anilines is 1. The number of benzene rings is 1. The Kier molecular flexibility index (Phi) is 4.22.